The lowest BCUT2D eigenvalue weighted by Crippen LogP contribution is -2.30. The first-order valence-corrected chi connectivity index (χ1v) is 10.8. The minimum absolute atomic E-state index is 0.213. The molecule has 0 bridgehead atoms. The molecule has 4 aromatic rings. The number of methoxy groups -OCH3 is 1. The van der Waals surface area contributed by atoms with Crippen molar-refractivity contribution in [3.63, 3.8) is 0 Å². The van der Waals surface area contributed by atoms with Gasteiger partial charge in [0.2, 0.25) is 0 Å². The second kappa shape index (κ2) is 10.4. The largest absolute Gasteiger partial charge is 0.497 e. The van der Waals surface area contributed by atoms with Gasteiger partial charge in [-0.15, -0.1) is 0 Å². The van der Waals surface area contributed by atoms with Gasteiger partial charge < -0.3 is 15.2 Å². The molecule has 1 aromatic heterocycles. The molecule has 0 fully saturated rings. The number of carboxylic acids is 1. The molecule has 1 unspecified atom stereocenters. The Balaban J connectivity index is 1.54. The normalized spacial score (nSPS) is 11.4. The monoisotopic (exact) mass is 452 g/mol. The van der Waals surface area contributed by atoms with Crippen molar-refractivity contribution in [3.05, 3.63) is 108 Å². The topological polar surface area (TPSA) is 88.5 Å². The minimum Gasteiger partial charge on any atom is -0.497 e. The zero-order valence-corrected chi connectivity index (χ0v) is 18.6. The predicted octanol–water partition coefficient (Wildman–Crippen LogP) is 5.37. The van der Waals surface area contributed by atoms with Crippen LogP contribution in [0.5, 0.6) is 5.75 Å². The Morgan fingerprint density at radius 2 is 1.47 bits per heavy atom. The molecule has 0 saturated heterocycles. The summed E-state index contributed by atoms with van der Waals surface area (Å²) in [6.07, 6.45) is -0.241. The van der Waals surface area contributed by atoms with Gasteiger partial charge in [0, 0.05) is 5.56 Å². The van der Waals surface area contributed by atoms with E-state index in [9.17, 15) is 14.7 Å². The maximum absolute atomic E-state index is 13.0. The average Bonchev–Trinajstić information content (AvgIpc) is 2.89. The fourth-order valence-electron chi connectivity index (χ4n) is 3.68. The molecule has 2 N–H and O–H groups in total. The zero-order valence-electron chi connectivity index (χ0n) is 18.6. The Morgan fingerprint density at radius 3 is 2.12 bits per heavy atom. The van der Waals surface area contributed by atoms with Crippen LogP contribution in [0.15, 0.2) is 97.1 Å². The van der Waals surface area contributed by atoms with Crippen molar-refractivity contribution in [2.24, 2.45) is 0 Å². The summed E-state index contributed by atoms with van der Waals surface area (Å²) in [4.78, 5) is 29.0. The van der Waals surface area contributed by atoms with E-state index in [2.05, 4.69) is 10.3 Å². The Morgan fingerprint density at radius 1 is 0.824 bits per heavy atom. The van der Waals surface area contributed by atoms with Gasteiger partial charge in [0.15, 0.2) is 0 Å². The van der Waals surface area contributed by atoms with Crippen molar-refractivity contribution in [2.45, 2.75) is 12.5 Å². The fourth-order valence-corrected chi connectivity index (χ4v) is 3.68. The van der Waals surface area contributed by atoms with E-state index in [-0.39, 0.29) is 12.1 Å². The van der Waals surface area contributed by atoms with Crippen LogP contribution in [0.25, 0.3) is 22.4 Å². The molecular formula is C28H24N2O4. The third-order valence-corrected chi connectivity index (χ3v) is 5.47. The van der Waals surface area contributed by atoms with Crippen LogP contribution in [0.1, 0.15) is 28.5 Å². The van der Waals surface area contributed by atoms with Gasteiger partial charge >= 0.3 is 5.97 Å². The number of aliphatic carboxylic acids is 1. The van der Waals surface area contributed by atoms with Crippen molar-refractivity contribution in [2.75, 3.05) is 7.11 Å². The molecule has 0 aliphatic rings. The second-order valence-corrected chi connectivity index (χ2v) is 7.75. The van der Waals surface area contributed by atoms with Crippen molar-refractivity contribution in [1.29, 1.82) is 0 Å². The highest BCUT2D eigenvalue weighted by atomic mass is 16.5. The van der Waals surface area contributed by atoms with Gasteiger partial charge in [-0.05, 0) is 53.1 Å². The van der Waals surface area contributed by atoms with Gasteiger partial charge in [0.05, 0.1) is 25.3 Å². The van der Waals surface area contributed by atoms with E-state index in [1.807, 2.05) is 84.9 Å². The molecule has 0 radical (unpaired) electrons. The van der Waals surface area contributed by atoms with E-state index >= 15 is 0 Å². The van der Waals surface area contributed by atoms with Gasteiger partial charge in [-0.1, -0.05) is 60.7 Å². The van der Waals surface area contributed by atoms with Crippen LogP contribution < -0.4 is 10.1 Å². The number of ether oxygens (including phenoxy) is 1. The van der Waals surface area contributed by atoms with Crippen LogP contribution in [0.4, 0.5) is 0 Å². The number of nitrogens with one attached hydrogen (secondary N) is 1. The molecule has 6 nitrogen and oxygen atoms in total. The van der Waals surface area contributed by atoms with Crippen LogP contribution >= 0.6 is 0 Å². The molecule has 3 aromatic carbocycles. The van der Waals surface area contributed by atoms with Gasteiger partial charge in [-0.3, -0.25) is 9.59 Å². The summed E-state index contributed by atoms with van der Waals surface area (Å²) in [6, 6.07) is 29.3. The number of nitrogens with zero attached hydrogens (tertiary/aromatic N) is 1. The molecule has 1 atom stereocenters. The van der Waals surface area contributed by atoms with E-state index in [4.69, 9.17) is 4.74 Å². The first-order chi connectivity index (χ1) is 16.5. The Labute approximate surface area is 197 Å². The number of benzene rings is 3. The quantitative estimate of drug-likeness (QED) is 0.375. The highest BCUT2D eigenvalue weighted by Crippen LogP contribution is 2.24. The third-order valence-electron chi connectivity index (χ3n) is 5.47. The highest BCUT2D eigenvalue weighted by molar-refractivity contribution is 5.93. The summed E-state index contributed by atoms with van der Waals surface area (Å²) >= 11 is 0. The lowest BCUT2D eigenvalue weighted by atomic mass is 9.99. The molecular weight excluding hydrogens is 428 g/mol. The summed E-state index contributed by atoms with van der Waals surface area (Å²) in [5, 5.41) is 12.3. The van der Waals surface area contributed by atoms with Crippen LogP contribution in [-0.4, -0.2) is 29.1 Å². The van der Waals surface area contributed by atoms with Crippen LogP contribution in [0.2, 0.25) is 0 Å². The first kappa shape index (κ1) is 22.7. The van der Waals surface area contributed by atoms with E-state index < -0.39 is 17.9 Å². The van der Waals surface area contributed by atoms with E-state index in [0.717, 1.165) is 22.4 Å². The molecule has 1 amide bonds. The lowest BCUT2D eigenvalue weighted by molar-refractivity contribution is -0.137. The molecule has 0 spiro atoms. The second-order valence-electron chi connectivity index (χ2n) is 7.75. The average molecular weight is 453 g/mol. The maximum atomic E-state index is 13.0. The number of hydrogen-bond acceptors (Lipinski definition) is 4. The fraction of sp³-hybridized carbons (Fsp3) is 0.107. The number of rotatable bonds is 8. The summed E-state index contributed by atoms with van der Waals surface area (Å²) in [5.74, 6) is -0.710. The molecule has 4 rings (SSSR count). The van der Waals surface area contributed by atoms with Crippen molar-refractivity contribution >= 4 is 11.9 Å². The smallest absolute Gasteiger partial charge is 0.305 e. The third kappa shape index (κ3) is 5.48. The minimum atomic E-state index is -1.00. The number of carboxylic acid groups (broad SMARTS) is 1. The highest BCUT2D eigenvalue weighted by Gasteiger charge is 2.20. The summed E-state index contributed by atoms with van der Waals surface area (Å²) in [6.45, 7) is 0. The van der Waals surface area contributed by atoms with E-state index in [0.29, 0.717) is 11.3 Å². The zero-order chi connectivity index (χ0) is 23.9. The number of hydrogen-bond donors (Lipinski definition) is 2. The lowest BCUT2D eigenvalue weighted by Gasteiger charge is -2.18. The number of aromatic nitrogens is 1. The first-order valence-electron chi connectivity index (χ1n) is 10.8. The summed E-state index contributed by atoms with van der Waals surface area (Å²) in [7, 11) is 1.60. The predicted molar refractivity (Wildman–Crippen MR) is 131 cm³/mol. The maximum Gasteiger partial charge on any atom is 0.305 e. The molecule has 6 heteroatoms. The SMILES string of the molecule is COc1ccc(-c2cccc(C(=O)NC(CC(=O)O)c3ccc(-c4ccccc4)cc3)n2)cc1. The van der Waals surface area contributed by atoms with Gasteiger partial charge in [0.1, 0.15) is 11.4 Å². The van der Waals surface area contributed by atoms with Crippen LogP contribution in [-0.2, 0) is 4.79 Å². The number of amides is 1. The molecule has 0 aliphatic heterocycles. The van der Waals surface area contributed by atoms with Gasteiger partial charge in [0.25, 0.3) is 5.91 Å². The standard InChI is InChI=1S/C28H24N2O4/c1-34-23-16-14-21(15-17-23)24-8-5-9-25(29-24)28(33)30-26(18-27(31)32)22-12-10-20(11-13-22)19-6-3-2-4-7-19/h2-17,26H,18H2,1H3,(H,30,33)(H,31,32). The molecule has 0 saturated carbocycles. The van der Waals surface area contributed by atoms with Crippen LogP contribution in [0, 0.1) is 0 Å². The van der Waals surface area contributed by atoms with Crippen molar-refractivity contribution < 1.29 is 19.4 Å². The summed E-state index contributed by atoms with van der Waals surface area (Å²) < 4.78 is 5.18. The van der Waals surface area contributed by atoms with Gasteiger partial charge in [-0.25, -0.2) is 4.98 Å². The number of pyridine rings is 1. The Bertz CT molecular complexity index is 1270. The van der Waals surface area contributed by atoms with E-state index in [1.54, 1.807) is 19.2 Å². The number of carbonyl (C=O) groups excluding carboxylic acids is 1. The number of carbonyl (C=O) groups is 2. The molecule has 1 heterocycles. The molecule has 34 heavy (non-hydrogen) atoms. The van der Waals surface area contributed by atoms with Crippen molar-refractivity contribution in [1.82, 2.24) is 10.3 Å². The molecule has 0 aliphatic carbocycles. The van der Waals surface area contributed by atoms with Crippen molar-refractivity contribution in [3.8, 4) is 28.1 Å². The Hall–Kier alpha value is -4.45. The van der Waals surface area contributed by atoms with Gasteiger partial charge in [-0.2, -0.15) is 0 Å². The van der Waals surface area contributed by atoms with E-state index in [1.165, 1.54) is 0 Å². The summed E-state index contributed by atoms with van der Waals surface area (Å²) in [5.41, 5.74) is 4.48. The Kier molecular flexibility index (Phi) is 6.98. The molecule has 170 valence electrons. The van der Waals surface area contributed by atoms with Crippen LogP contribution in [0.3, 0.4) is 0 Å².